The van der Waals surface area contributed by atoms with E-state index in [2.05, 4.69) is 13.8 Å². The van der Waals surface area contributed by atoms with Crippen LogP contribution in [0, 0.1) is 11.2 Å². The van der Waals surface area contributed by atoms with E-state index in [0.717, 1.165) is 12.8 Å². The number of ether oxygens (including phenoxy) is 1. The van der Waals surface area contributed by atoms with Crippen LogP contribution in [0.3, 0.4) is 0 Å². The van der Waals surface area contributed by atoms with Crippen molar-refractivity contribution in [3.63, 3.8) is 0 Å². The number of hydrogen-bond donors (Lipinski definition) is 1. The van der Waals surface area contributed by atoms with E-state index in [1.165, 1.54) is 18.9 Å². The second kappa shape index (κ2) is 5.27. The number of halogens is 1. The lowest BCUT2D eigenvalue weighted by molar-refractivity contribution is -0.00658. The van der Waals surface area contributed by atoms with Crippen molar-refractivity contribution in [3.8, 4) is 0 Å². The highest BCUT2D eigenvalue weighted by molar-refractivity contribution is 5.40. The summed E-state index contributed by atoms with van der Waals surface area (Å²) in [6, 6.07) is 4.77. The molecule has 0 atom stereocenters. The highest BCUT2D eigenvalue weighted by atomic mass is 19.1. The minimum Gasteiger partial charge on any atom is -0.399 e. The van der Waals surface area contributed by atoms with Gasteiger partial charge in [0.1, 0.15) is 5.82 Å². The van der Waals surface area contributed by atoms with Gasteiger partial charge in [-0.2, -0.15) is 0 Å². The average molecular weight is 251 g/mol. The summed E-state index contributed by atoms with van der Waals surface area (Å²) in [5.41, 5.74) is 7.00. The van der Waals surface area contributed by atoms with Crippen molar-refractivity contribution in [1.82, 2.24) is 0 Å². The van der Waals surface area contributed by atoms with Gasteiger partial charge in [-0.05, 0) is 43.2 Å². The molecule has 2 nitrogen and oxygen atoms in total. The molecule has 3 heteroatoms. The summed E-state index contributed by atoms with van der Waals surface area (Å²) in [6.07, 6.45) is 4.78. The molecule has 0 radical (unpaired) electrons. The fourth-order valence-electron chi connectivity index (χ4n) is 2.43. The maximum Gasteiger partial charge on any atom is 0.130 e. The van der Waals surface area contributed by atoms with E-state index in [-0.39, 0.29) is 11.9 Å². The molecule has 1 aromatic carbocycles. The standard InChI is InChI=1S/C15H22FNO/c1-15(2)7-5-13(6-8-15)18-10-11-3-4-12(17)9-14(11)16/h3-4,9,13H,5-8,10,17H2,1-2H3. The Morgan fingerprint density at radius 3 is 2.61 bits per heavy atom. The topological polar surface area (TPSA) is 35.2 Å². The normalized spacial score (nSPS) is 19.9. The number of anilines is 1. The molecule has 0 spiro atoms. The molecule has 1 aliphatic rings. The average Bonchev–Trinajstić information content (AvgIpc) is 2.29. The molecule has 0 unspecified atom stereocenters. The predicted octanol–water partition coefficient (Wildman–Crippen LogP) is 3.89. The summed E-state index contributed by atoms with van der Waals surface area (Å²) in [5.74, 6) is -0.272. The monoisotopic (exact) mass is 251 g/mol. The van der Waals surface area contributed by atoms with E-state index in [9.17, 15) is 4.39 Å². The number of nitrogens with two attached hydrogens (primary N) is 1. The van der Waals surface area contributed by atoms with E-state index in [4.69, 9.17) is 10.5 Å². The third-order valence-corrected chi connectivity index (χ3v) is 3.84. The molecule has 1 fully saturated rings. The van der Waals surface area contributed by atoms with Crippen LogP contribution < -0.4 is 5.73 Å². The lowest BCUT2D eigenvalue weighted by Gasteiger charge is -2.34. The van der Waals surface area contributed by atoms with Crippen molar-refractivity contribution in [2.24, 2.45) is 5.41 Å². The Morgan fingerprint density at radius 2 is 2.00 bits per heavy atom. The first kappa shape index (κ1) is 13.3. The summed E-state index contributed by atoms with van der Waals surface area (Å²) >= 11 is 0. The molecule has 0 saturated heterocycles. The maximum atomic E-state index is 13.6. The van der Waals surface area contributed by atoms with Gasteiger partial charge in [-0.25, -0.2) is 4.39 Å². The first-order valence-electron chi connectivity index (χ1n) is 6.62. The molecule has 2 N–H and O–H groups in total. The van der Waals surface area contributed by atoms with Gasteiger partial charge in [0.25, 0.3) is 0 Å². The Hall–Kier alpha value is -1.09. The second-order valence-electron chi connectivity index (χ2n) is 6.03. The van der Waals surface area contributed by atoms with Crippen LogP contribution in [0.2, 0.25) is 0 Å². The van der Waals surface area contributed by atoms with Gasteiger partial charge in [0, 0.05) is 11.3 Å². The highest BCUT2D eigenvalue weighted by Crippen LogP contribution is 2.36. The van der Waals surface area contributed by atoms with Crippen LogP contribution in [0.4, 0.5) is 10.1 Å². The summed E-state index contributed by atoms with van der Waals surface area (Å²) in [5, 5.41) is 0. The van der Waals surface area contributed by atoms with Crippen LogP contribution in [0.25, 0.3) is 0 Å². The molecule has 0 heterocycles. The first-order chi connectivity index (χ1) is 8.46. The molecule has 0 aromatic heterocycles. The van der Waals surface area contributed by atoms with Gasteiger partial charge in [0.15, 0.2) is 0 Å². The van der Waals surface area contributed by atoms with E-state index in [1.807, 2.05) is 0 Å². The zero-order valence-corrected chi connectivity index (χ0v) is 11.2. The largest absolute Gasteiger partial charge is 0.399 e. The van der Waals surface area contributed by atoms with E-state index in [1.54, 1.807) is 12.1 Å². The number of rotatable bonds is 3. The van der Waals surface area contributed by atoms with Crippen molar-refractivity contribution in [3.05, 3.63) is 29.6 Å². The molecular formula is C15H22FNO. The molecule has 1 aliphatic carbocycles. The predicted molar refractivity (Wildman–Crippen MR) is 71.6 cm³/mol. The van der Waals surface area contributed by atoms with Crippen molar-refractivity contribution in [1.29, 1.82) is 0 Å². The van der Waals surface area contributed by atoms with Gasteiger partial charge < -0.3 is 10.5 Å². The minimum atomic E-state index is -0.272. The van der Waals surface area contributed by atoms with Crippen LogP contribution in [0.1, 0.15) is 45.1 Å². The number of hydrogen-bond acceptors (Lipinski definition) is 2. The van der Waals surface area contributed by atoms with Crippen LogP contribution in [0.5, 0.6) is 0 Å². The van der Waals surface area contributed by atoms with Gasteiger partial charge in [-0.15, -0.1) is 0 Å². The Morgan fingerprint density at radius 1 is 1.33 bits per heavy atom. The summed E-state index contributed by atoms with van der Waals surface area (Å²) in [4.78, 5) is 0. The van der Waals surface area contributed by atoms with Crippen molar-refractivity contribution in [2.45, 2.75) is 52.2 Å². The van der Waals surface area contributed by atoms with E-state index in [0.29, 0.717) is 23.3 Å². The number of nitrogen functional groups attached to an aromatic ring is 1. The fraction of sp³-hybridized carbons (Fsp3) is 0.600. The zero-order chi connectivity index (χ0) is 13.2. The Kier molecular flexibility index (Phi) is 3.91. The molecule has 0 aliphatic heterocycles. The molecule has 0 amide bonds. The van der Waals surface area contributed by atoms with Crippen LogP contribution >= 0.6 is 0 Å². The molecule has 2 rings (SSSR count). The quantitative estimate of drug-likeness (QED) is 0.827. The van der Waals surface area contributed by atoms with E-state index >= 15 is 0 Å². The number of benzene rings is 1. The van der Waals surface area contributed by atoms with Gasteiger partial charge in [0.05, 0.1) is 12.7 Å². The SMILES string of the molecule is CC1(C)CCC(OCc2ccc(N)cc2F)CC1. The van der Waals surface area contributed by atoms with Gasteiger partial charge >= 0.3 is 0 Å². The first-order valence-corrected chi connectivity index (χ1v) is 6.62. The lowest BCUT2D eigenvalue weighted by Crippen LogP contribution is -2.26. The van der Waals surface area contributed by atoms with Gasteiger partial charge in [-0.3, -0.25) is 0 Å². The van der Waals surface area contributed by atoms with Crippen LogP contribution in [0.15, 0.2) is 18.2 Å². The molecule has 0 bridgehead atoms. The van der Waals surface area contributed by atoms with Crippen molar-refractivity contribution in [2.75, 3.05) is 5.73 Å². The fourth-order valence-corrected chi connectivity index (χ4v) is 2.43. The van der Waals surface area contributed by atoms with E-state index < -0.39 is 0 Å². The molecule has 1 saturated carbocycles. The Bertz CT molecular complexity index is 407. The molecule has 100 valence electrons. The maximum absolute atomic E-state index is 13.6. The third kappa shape index (κ3) is 3.45. The van der Waals surface area contributed by atoms with Crippen LogP contribution in [-0.4, -0.2) is 6.10 Å². The highest BCUT2D eigenvalue weighted by Gasteiger charge is 2.27. The minimum absolute atomic E-state index is 0.272. The molecular weight excluding hydrogens is 229 g/mol. The lowest BCUT2D eigenvalue weighted by atomic mass is 9.76. The molecule has 18 heavy (non-hydrogen) atoms. The van der Waals surface area contributed by atoms with Crippen LogP contribution in [-0.2, 0) is 11.3 Å². The Balaban J connectivity index is 1.85. The van der Waals surface area contributed by atoms with Crippen molar-refractivity contribution >= 4 is 5.69 Å². The van der Waals surface area contributed by atoms with Crippen molar-refractivity contribution < 1.29 is 9.13 Å². The molecule has 1 aromatic rings. The summed E-state index contributed by atoms with van der Waals surface area (Å²) < 4.78 is 19.4. The summed E-state index contributed by atoms with van der Waals surface area (Å²) in [6.45, 7) is 4.93. The second-order valence-corrected chi connectivity index (χ2v) is 6.03. The van der Waals surface area contributed by atoms with Gasteiger partial charge in [-0.1, -0.05) is 19.9 Å². The summed E-state index contributed by atoms with van der Waals surface area (Å²) in [7, 11) is 0. The van der Waals surface area contributed by atoms with Gasteiger partial charge in [0.2, 0.25) is 0 Å². The zero-order valence-electron chi connectivity index (χ0n) is 11.2. The third-order valence-electron chi connectivity index (χ3n) is 3.84. The Labute approximate surface area is 108 Å². The smallest absolute Gasteiger partial charge is 0.130 e.